The third-order valence-corrected chi connectivity index (χ3v) is 18.9. The second-order valence-corrected chi connectivity index (χ2v) is 25.6. The van der Waals surface area contributed by atoms with Gasteiger partial charge in [-0.05, 0) is 24.3 Å². The molecular formula is C38H50N12O28P6. The van der Waals surface area contributed by atoms with E-state index in [1.165, 1.54) is 46.6 Å². The Kier molecular flexibility index (Phi) is 20.8. The van der Waals surface area contributed by atoms with Crippen LogP contribution in [0.2, 0.25) is 0 Å². The minimum absolute atomic E-state index is 0.0711. The van der Waals surface area contributed by atoms with E-state index in [1.54, 1.807) is 64.6 Å². The highest BCUT2D eigenvalue weighted by molar-refractivity contribution is 7.67. The first-order valence-electron chi connectivity index (χ1n) is 23.2. The third kappa shape index (κ3) is 16.4. The number of para-hydroxylation sites is 2. The number of hydrogen-bond acceptors (Lipinski definition) is 30. The number of benzene rings is 2. The molecule has 8 rings (SSSR count). The van der Waals surface area contributed by atoms with Crippen LogP contribution in [0.15, 0.2) is 73.8 Å². The molecule has 0 saturated carbocycles. The molecule has 2 saturated heterocycles. The van der Waals surface area contributed by atoms with Crippen molar-refractivity contribution in [1.82, 2.24) is 39.0 Å². The van der Waals surface area contributed by atoms with Crippen molar-refractivity contribution in [2.45, 2.75) is 49.1 Å². The molecule has 2 aliphatic rings. The van der Waals surface area contributed by atoms with Crippen LogP contribution in [0.5, 0.6) is 0 Å². The van der Waals surface area contributed by atoms with E-state index in [0.29, 0.717) is 34.0 Å². The third-order valence-electron chi connectivity index (χ3n) is 11.3. The summed E-state index contributed by atoms with van der Waals surface area (Å²) in [7, 11) is -27.6. The first-order chi connectivity index (χ1) is 39.3. The zero-order valence-corrected chi connectivity index (χ0v) is 48.4. The van der Waals surface area contributed by atoms with Gasteiger partial charge in [-0.3, -0.25) is 18.2 Å². The normalized spacial score (nSPS) is 23.7. The summed E-state index contributed by atoms with van der Waals surface area (Å²) in [6.45, 7) is -2.02. The van der Waals surface area contributed by atoms with Gasteiger partial charge in [0.2, 0.25) is 0 Å². The predicted molar refractivity (Wildman–Crippen MR) is 280 cm³/mol. The quantitative estimate of drug-likeness (QED) is 0.0301. The number of aromatic nitrogens is 8. The molecule has 6 aromatic rings. The number of carbonyl (C=O) groups excluding carboxylic acids is 2. The van der Waals surface area contributed by atoms with Crippen LogP contribution in [-0.4, -0.2) is 178 Å². The summed E-state index contributed by atoms with van der Waals surface area (Å²) in [5.41, 5.74) is 1.95. The number of nitrogens with zero attached hydrogens (tertiary/aromatic N) is 8. The molecule has 0 aliphatic carbocycles. The summed E-state index contributed by atoms with van der Waals surface area (Å²) in [4.78, 5) is 124. The zero-order valence-electron chi connectivity index (χ0n) is 43.0. The molecule has 0 amide bonds. The van der Waals surface area contributed by atoms with E-state index in [2.05, 4.69) is 77.5 Å². The van der Waals surface area contributed by atoms with Gasteiger partial charge in [0.1, 0.15) is 48.1 Å². The largest absolute Gasteiger partial charge is 0.490 e. The number of anilines is 4. The van der Waals surface area contributed by atoms with Gasteiger partial charge >= 0.3 is 58.9 Å². The topological polar surface area (TPSA) is 566 Å². The van der Waals surface area contributed by atoms with Crippen molar-refractivity contribution in [2.75, 3.05) is 62.7 Å². The SMILES string of the molecule is CNc1ccccc1C(=O)O[C@@H]1[C@H](O)[C@@H](COP(=O)(O)OP(=O)(O)OP(=O)(O)O)O[C@H]1n1cnc2c(NC)ncnc21.CNc1ccccc1C(=O)O[C@H]1[C@@H](O)[C@H](n2cnc3c(NC)ncnc32)O[C@@H]1COP(=O)(O)OP(=O)(O)OP(=O)(O)O. The van der Waals surface area contributed by atoms with E-state index in [0.717, 1.165) is 0 Å². The summed E-state index contributed by atoms with van der Waals surface area (Å²) in [5, 5.41) is 33.6. The summed E-state index contributed by atoms with van der Waals surface area (Å²) >= 11 is 0. The minimum Gasteiger partial charge on any atom is -0.453 e. The Balaban J connectivity index is 0.000000241. The Bertz CT molecular complexity index is 3670. The zero-order chi connectivity index (χ0) is 61.7. The number of imidazole rings is 2. The molecule has 4 unspecified atom stereocenters. The lowest BCUT2D eigenvalue weighted by Crippen LogP contribution is -2.38. The van der Waals surface area contributed by atoms with Crippen LogP contribution in [0.3, 0.4) is 0 Å². The molecule has 84 heavy (non-hydrogen) atoms. The molecule has 6 heterocycles. The molecular weight excluding hydrogens is 1260 g/mol. The van der Waals surface area contributed by atoms with Gasteiger partial charge in [0, 0.05) is 39.6 Å². The van der Waals surface area contributed by atoms with Crippen LogP contribution in [0.25, 0.3) is 22.3 Å². The molecule has 0 spiro atoms. The first kappa shape index (κ1) is 65.9. The van der Waals surface area contributed by atoms with Gasteiger partial charge in [0.15, 0.2) is 47.6 Å². The highest BCUT2D eigenvalue weighted by atomic mass is 31.3. The number of phosphoric ester groups is 2. The van der Waals surface area contributed by atoms with Crippen molar-refractivity contribution in [3.05, 3.63) is 85.0 Å². The number of carbonyl (C=O) groups is 2. The lowest BCUT2D eigenvalue weighted by Gasteiger charge is -2.22. The molecule has 14 N–H and O–H groups in total. The van der Waals surface area contributed by atoms with Gasteiger partial charge in [-0.2, -0.15) is 17.2 Å². The molecule has 0 bridgehead atoms. The number of hydrogen-bond donors (Lipinski definition) is 14. The molecule has 4 aromatic heterocycles. The van der Waals surface area contributed by atoms with Gasteiger partial charge < -0.3 is 89.6 Å². The number of rotatable bonds is 24. The fraction of sp³-hybridized carbons (Fsp3) is 0.368. The van der Waals surface area contributed by atoms with Crippen molar-refractivity contribution in [3.8, 4) is 0 Å². The average Bonchev–Trinajstić information content (AvgIpc) is 2.03. The van der Waals surface area contributed by atoms with Crippen LogP contribution < -0.4 is 21.3 Å². The van der Waals surface area contributed by atoms with Crippen LogP contribution in [0.4, 0.5) is 23.0 Å². The van der Waals surface area contributed by atoms with Gasteiger partial charge in [-0.25, -0.2) is 66.9 Å². The molecule has 12 atom stereocenters. The lowest BCUT2D eigenvalue weighted by atomic mass is 10.1. The van der Waals surface area contributed by atoms with Gasteiger partial charge in [-0.15, -0.1) is 0 Å². The molecule has 40 nitrogen and oxygen atoms in total. The van der Waals surface area contributed by atoms with E-state index in [9.17, 15) is 66.8 Å². The summed E-state index contributed by atoms with van der Waals surface area (Å²) in [5.74, 6) is -1.10. The van der Waals surface area contributed by atoms with Gasteiger partial charge in [-0.1, -0.05) is 24.3 Å². The second kappa shape index (κ2) is 26.5. The standard InChI is InChI=1S/2C19H25N6O14P3/c1-20-11-6-4-3-5-10(11)19(27)37-15-12(7-35-41(31,32)39-42(33,34)38-40(28,29)30)36-18(14(15)26)25-9-24-13-16(21-2)22-8-23-17(13)25;1-20-11-6-4-3-5-10(11)19(27)37-15-14(26)12(7-35-41(31,32)39-42(33,34)38-40(28,29)30)36-18(15)25-9-24-13-16(21-2)22-8-23-17(13)25/h2*3-6,8-9,12,14-15,18,20,26H,7H2,1-2H3,(H,31,32)(H,33,34)(H,21,22,23)(H2,28,29,30)/t2*12-,14-,15-,18-/m11/s1. The monoisotopic (exact) mass is 1310 g/mol. The molecule has 0 radical (unpaired) electrons. The molecule has 2 aromatic carbocycles. The predicted octanol–water partition coefficient (Wildman–Crippen LogP) is 1.47. The molecule has 2 aliphatic heterocycles. The number of fused-ring (bicyclic) bond motifs is 2. The van der Waals surface area contributed by atoms with Crippen LogP contribution in [-0.2, 0) is 72.6 Å². The first-order valence-corrected chi connectivity index (χ1v) is 32.2. The van der Waals surface area contributed by atoms with Crippen molar-refractivity contribution in [1.29, 1.82) is 0 Å². The van der Waals surface area contributed by atoms with Crippen molar-refractivity contribution < 1.29 is 132 Å². The Hall–Kier alpha value is -5.66. The highest BCUT2D eigenvalue weighted by Gasteiger charge is 2.52. The van der Waals surface area contributed by atoms with Crippen LogP contribution >= 0.6 is 46.9 Å². The maximum Gasteiger partial charge on any atom is 0.490 e. The number of nitrogens with one attached hydrogen (secondary N) is 4. The highest BCUT2D eigenvalue weighted by Crippen LogP contribution is 2.67. The van der Waals surface area contributed by atoms with Gasteiger partial charge in [0.25, 0.3) is 0 Å². The van der Waals surface area contributed by atoms with Crippen molar-refractivity contribution >= 4 is 104 Å². The molecule has 2 fully saturated rings. The fourth-order valence-electron chi connectivity index (χ4n) is 7.95. The van der Waals surface area contributed by atoms with E-state index in [-0.39, 0.29) is 22.4 Å². The van der Waals surface area contributed by atoms with E-state index in [4.69, 9.17) is 38.5 Å². The molecule has 460 valence electrons. The Morgan fingerprint density at radius 3 is 1.35 bits per heavy atom. The van der Waals surface area contributed by atoms with Crippen molar-refractivity contribution in [2.24, 2.45) is 0 Å². The smallest absolute Gasteiger partial charge is 0.453 e. The van der Waals surface area contributed by atoms with Gasteiger partial charge in [0.05, 0.1) is 37.0 Å². The number of aliphatic hydroxyl groups excluding tert-OH is 2. The van der Waals surface area contributed by atoms with E-state index in [1.807, 2.05) is 0 Å². The fourth-order valence-corrected chi connectivity index (χ4v) is 14.0. The Morgan fingerprint density at radius 2 is 0.917 bits per heavy atom. The van der Waals surface area contributed by atoms with Crippen molar-refractivity contribution in [3.63, 3.8) is 0 Å². The minimum atomic E-state index is -5.80. The van der Waals surface area contributed by atoms with E-state index >= 15 is 0 Å². The number of esters is 2. The Morgan fingerprint density at radius 1 is 0.512 bits per heavy atom. The van der Waals surface area contributed by atoms with Crippen LogP contribution in [0.1, 0.15) is 33.2 Å². The van der Waals surface area contributed by atoms with Crippen LogP contribution in [0, 0.1) is 0 Å². The second-order valence-electron chi connectivity index (χ2n) is 16.8. The molecule has 46 heteroatoms. The number of ether oxygens (including phenoxy) is 4. The number of aliphatic hydroxyl groups is 2. The number of phosphoric acid groups is 6. The summed E-state index contributed by atoms with van der Waals surface area (Å²) in [6, 6.07) is 12.6. The maximum absolute atomic E-state index is 13.1. The average molecular weight is 1310 g/mol. The lowest BCUT2D eigenvalue weighted by molar-refractivity contribution is -0.0558. The Labute approximate surface area is 470 Å². The summed E-state index contributed by atoms with van der Waals surface area (Å²) in [6.07, 6.45) is -7.29. The van der Waals surface area contributed by atoms with E-state index < -0.39 is 121 Å². The summed E-state index contributed by atoms with van der Waals surface area (Å²) < 4.78 is 119. The maximum atomic E-state index is 13.1.